The maximum Gasteiger partial charge on any atom is 0.407 e. The van der Waals surface area contributed by atoms with Crippen LogP contribution in [0.4, 0.5) is 9.59 Å². The number of benzene rings is 1. The molecule has 0 spiro atoms. The number of ether oxygens (including phenoxy) is 3. The number of urea groups is 1. The molecule has 2 atom stereocenters. The number of carbonyl (C=O) groups excluding carboxylic acids is 2. The van der Waals surface area contributed by atoms with E-state index in [1.54, 1.807) is 7.05 Å². The minimum Gasteiger partial charge on any atom is -0.445 e. The zero-order valence-electron chi connectivity index (χ0n) is 26.6. The van der Waals surface area contributed by atoms with Crippen LogP contribution in [0.25, 0.3) is 0 Å². The van der Waals surface area contributed by atoms with Crippen LogP contribution in [-0.2, 0) is 20.8 Å². The number of hydrogen-bond acceptors (Lipinski definition) is 9. The molecule has 1 aromatic carbocycles. The van der Waals surface area contributed by atoms with E-state index < -0.39 is 0 Å². The second-order valence-electron chi connectivity index (χ2n) is 12.4. The number of hydrogen-bond donors (Lipinski definition) is 4. The first kappa shape index (κ1) is 34.4. The Balaban J connectivity index is 0.000000209. The molecular formula is C32H55N7O5. The number of morpholine rings is 2. The summed E-state index contributed by atoms with van der Waals surface area (Å²) in [6.07, 6.45) is 4.55. The van der Waals surface area contributed by atoms with Gasteiger partial charge in [-0.1, -0.05) is 30.3 Å². The van der Waals surface area contributed by atoms with E-state index in [-0.39, 0.29) is 24.3 Å². The van der Waals surface area contributed by atoms with Crippen molar-refractivity contribution in [2.45, 2.75) is 44.5 Å². The molecule has 0 aliphatic carbocycles. The van der Waals surface area contributed by atoms with Crippen molar-refractivity contribution in [1.29, 1.82) is 0 Å². The van der Waals surface area contributed by atoms with Gasteiger partial charge in [0.2, 0.25) is 0 Å². The molecular weight excluding hydrogens is 562 g/mol. The van der Waals surface area contributed by atoms with Gasteiger partial charge >= 0.3 is 12.1 Å². The largest absolute Gasteiger partial charge is 0.445 e. The molecule has 4 aliphatic heterocycles. The molecule has 0 bridgehead atoms. The molecule has 12 heteroatoms. The quantitative estimate of drug-likeness (QED) is 0.324. The molecule has 0 aromatic heterocycles. The van der Waals surface area contributed by atoms with E-state index in [1.807, 2.05) is 35.2 Å². The summed E-state index contributed by atoms with van der Waals surface area (Å²) in [5.41, 5.74) is 6.65. The highest BCUT2D eigenvalue weighted by Crippen LogP contribution is 2.20. The van der Waals surface area contributed by atoms with Crippen LogP contribution >= 0.6 is 0 Å². The average Bonchev–Trinajstić information content (AvgIpc) is 3.08. The third-order valence-electron chi connectivity index (χ3n) is 9.00. The lowest BCUT2D eigenvalue weighted by atomic mass is 9.96. The van der Waals surface area contributed by atoms with E-state index in [2.05, 4.69) is 25.8 Å². The molecule has 1 aromatic rings. The van der Waals surface area contributed by atoms with Crippen molar-refractivity contribution < 1.29 is 23.8 Å². The second kappa shape index (κ2) is 19.1. The van der Waals surface area contributed by atoms with Crippen molar-refractivity contribution in [3.63, 3.8) is 0 Å². The fourth-order valence-electron chi connectivity index (χ4n) is 6.40. The number of nitrogens with zero attached hydrogens (tertiary/aromatic N) is 3. The fraction of sp³-hybridized carbons (Fsp3) is 0.750. The third kappa shape index (κ3) is 12.1. The average molecular weight is 618 g/mol. The molecule has 4 heterocycles. The molecule has 4 saturated heterocycles. The normalized spacial score (nSPS) is 24.2. The van der Waals surface area contributed by atoms with E-state index in [1.165, 1.54) is 12.8 Å². The minimum absolute atomic E-state index is 0.0414. The molecule has 12 nitrogen and oxygen atoms in total. The van der Waals surface area contributed by atoms with Crippen molar-refractivity contribution >= 4 is 12.1 Å². The first-order valence-corrected chi connectivity index (χ1v) is 16.5. The number of carbonyl (C=O) groups is 2. The van der Waals surface area contributed by atoms with Crippen LogP contribution in [0.5, 0.6) is 0 Å². The summed E-state index contributed by atoms with van der Waals surface area (Å²) in [5, 5.41) is 8.93. The van der Waals surface area contributed by atoms with Gasteiger partial charge in [-0.2, -0.15) is 0 Å². The van der Waals surface area contributed by atoms with Gasteiger partial charge in [-0.05, 0) is 56.2 Å². The first-order valence-electron chi connectivity index (χ1n) is 16.5. The number of likely N-dealkylation sites (tertiary alicyclic amines) is 1. The van der Waals surface area contributed by atoms with Gasteiger partial charge in [0, 0.05) is 72.5 Å². The second-order valence-corrected chi connectivity index (χ2v) is 12.4. The maximum absolute atomic E-state index is 11.8. The van der Waals surface area contributed by atoms with Crippen molar-refractivity contribution in [2.24, 2.45) is 17.6 Å². The van der Waals surface area contributed by atoms with Crippen molar-refractivity contribution in [3.05, 3.63) is 35.9 Å². The molecule has 0 saturated carbocycles. The maximum atomic E-state index is 11.8. The summed E-state index contributed by atoms with van der Waals surface area (Å²) in [6, 6.07) is 9.74. The smallest absolute Gasteiger partial charge is 0.407 e. The van der Waals surface area contributed by atoms with Gasteiger partial charge in [0.1, 0.15) is 6.61 Å². The van der Waals surface area contributed by atoms with Crippen LogP contribution in [0, 0.1) is 11.8 Å². The Labute approximate surface area is 263 Å². The topological polar surface area (TPSA) is 134 Å². The van der Waals surface area contributed by atoms with Crippen LogP contribution in [0.2, 0.25) is 0 Å². The molecule has 248 valence electrons. The summed E-state index contributed by atoms with van der Waals surface area (Å²) in [4.78, 5) is 30.2. The monoisotopic (exact) mass is 617 g/mol. The van der Waals surface area contributed by atoms with Gasteiger partial charge in [-0.25, -0.2) is 9.59 Å². The standard InChI is InChI=1S/C19H29N3O3.C13H26N4O2/c23-19(25-15-17-4-2-1-3-5-17)21-12-18-14-22(10-11-24-18)13-16-6-8-20-9-7-16;1-15-13(18)17-4-2-11(3-5-17)9-16-6-7-19-12(8-14)10-16/h1-5,16,18,20H,6-15H2,(H,21,23);11-12H,2-10,14H2,1H3,(H,15,18). The van der Waals surface area contributed by atoms with E-state index in [9.17, 15) is 9.59 Å². The minimum atomic E-state index is -0.386. The molecule has 0 radical (unpaired) electrons. The highest BCUT2D eigenvalue weighted by molar-refractivity contribution is 5.73. The van der Waals surface area contributed by atoms with E-state index in [0.29, 0.717) is 25.6 Å². The van der Waals surface area contributed by atoms with Gasteiger partial charge < -0.3 is 40.8 Å². The van der Waals surface area contributed by atoms with Crippen molar-refractivity contribution in [1.82, 2.24) is 30.7 Å². The van der Waals surface area contributed by atoms with E-state index in [4.69, 9.17) is 19.9 Å². The molecule has 4 aliphatic rings. The number of amides is 3. The summed E-state index contributed by atoms with van der Waals surface area (Å²) in [7, 11) is 1.69. The Morgan fingerprint density at radius 2 is 1.52 bits per heavy atom. The molecule has 4 fully saturated rings. The predicted molar refractivity (Wildman–Crippen MR) is 170 cm³/mol. The Morgan fingerprint density at radius 3 is 2.16 bits per heavy atom. The summed E-state index contributed by atoms with van der Waals surface area (Å²) >= 11 is 0. The molecule has 5 N–H and O–H groups in total. The van der Waals surface area contributed by atoms with Crippen molar-refractivity contribution in [3.8, 4) is 0 Å². The Hall–Kier alpha value is -2.48. The predicted octanol–water partition coefficient (Wildman–Crippen LogP) is 1.31. The van der Waals surface area contributed by atoms with Crippen LogP contribution < -0.4 is 21.7 Å². The lowest BCUT2D eigenvalue weighted by Crippen LogP contribution is -2.49. The lowest BCUT2D eigenvalue weighted by Gasteiger charge is -2.37. The number of nitrogens with two attached hydrogens (primary N) is 1. The highest BCUT2D eigenvalue weighted by atomic mass is 16.5. The number of alkyl carbamates (subject to hydrolysis) is 1. The number of nitrogens with one attached hydrogen (secondary N) is 3. The van der Waals surface area contributed by atoms with Crippen LogP contribution in [0.1, 0.15) is 31.2 Å². The first-order chi connectivity index (χ1) is 21.5. The lowest BCUT2D eigenvalue weighted by molar-refractivity contribution is -0.0326. The molecule has 2 unspecified atom stereocenters. The van der Waals surface area contributed by atoms with Crippen LogP contribution in [-0.4, -0.2) is 138 Å². The van der Waals surface area contributed by atoms with Gasteiger partial charge in [0.15, 0.2) is 0 Å². The van der Waals surface area contributed by atoms with Crippen LogP contribution in [0.15, 0.2) is 30.3 Å². The molecule has 3 amide bonds. The van der Waals surface area contributed by atoms with Gasteiger partial charge in [-0.3, -0.25) is 9.80 Å². The zero-order chi connectivity index (χ0) is 31.0. The van der Waals surface area contributed by atoms with Gasteiger partial charge in [0.05, 0.1) is 25.4 Å². The summed E-state index contributed by atoms with van der Waals surface area (Å²) in [6.45, 7) is 13.0. The Bertz CT molecular complexity index is 960. The van der Waals surface area contributed by atoms with Gasteiger partial charge in [0.25, 0.3) is 0 Å². The SMILES string of the molecule is CNC(=O)N1CCC(CN2CCOC(CN)C2)CC1.O=C(NCC1CN(CC2CCNCC2)CCO1)OCc1ccccc1. The van der Waals surface area contributed by atoms with Crippen molar-refractivity contribution in [2.75, 3.05) is 98.8 Å². The Kier molecular flexibility index (Phi) is 15.0. The Morgan fingerprint density at radius 1 is 0.909 bits per heavy atom. The summed E-state index contributed by atoms with van der Waals surface area (Å²) < 4.78 is 16.6. The van der Waals surface area contributed by atoms with Gasteiger partial charge in [-0.15, -0.1) is 0 Å². The summed E-state index contributed by atoms with van der Waals surface area (Å²) in [5.74, 6) is 1.47. The third-order valence-corrected chi connectivity index (χ3v) is 9.00. The highest BCUT2D eigenvalue weighted by Gasteiger charge is 2.27. The fourth-order valence-corrected chi connectivity index (χ4v) is 6.40. The van der Waals surface area contributed by atoms with Crippen LogP contribution in [0.3, 0.4) is 0 Å². The van der Waals surface area contributed by atoms with E-state index >= 15 is 0 Å². The van der Waals surface area contributed by atoms with E-state index in [0.717, 1.165) is 103 Å². The zero-order valence-corrected chi connectivity index (χ0v) is 26.6. The number of piperidine rings is 2. The molecule has 5 rings (SSSR count). The number of rotatable bonds is 9. The molecule has 44 heavy (non-hydrogen) atoms.